The number of carboxylic acid groups (broad SMARTS) is 1. The van der Waals surface area contributed by atoms with E-state index < -0.39 is 12.1 Å². The number of carboxylic acids is 1. The first kappa shape index (κ1) is 13.5. The Hall–Kier alpha value is -2.53. The van der Waals surface area contributed by atoms with Gasteiger partial charge in [-0.05, 0) is 24.3 Å². The van der Waals surface area contributed by atoms with Gasteiger partial charge in [0.2, 0.25) is 0 Å². The summed E-state index contributed by atoms with van der Waals surface area (Å²) in [6.45, 7) is 0. The summed E-state index contributed by atoms with van der Waals surface area (Å²) in [7, 11) is 0. The van der Waals surface area contributed by atoms with E-state index in [1.165, 1.54) is 6.07 Å². The van der Waals surface area contributed by atoms with Crippen LogP contribution in [0, 0.1) is 0 Å². The number of amides is 1. The minimum Gasteiger partial charge on any atom is -0.478 e. The summed E-state index contributed by atoms with van der Waals surface area (Å²) in [6.07, 6.45) is -0.599. The second kappa shape index (κ2) is 5.10. The van der Waals surface area contributed by atoms with E-state index in [1.54, 1.807) is 36.4 Å². The number of hydrogen-bond donors (Lipinski definition) is 3. The van der Waals surface area contributed by atoms with Crippen LogP contribution in [0.4, 0.5) is 5.69 Å². The zero-order valence-electron chi connectivity index (χ0n) is 10.8. The van der Waals surface area contributed by atoms with Crippen LogP contribution in [0.25, 0.3) is 0 Å². The van der Waals surface area contributed by atoms with Gasteiger partial charge in [0.25, 0.3) is 5.91 Å². The van der Waals surface area contributed by atoms with Crippen LogP contribution in [0.15, 0.2) is 42.5 Å². The van der Waals surface area contributed by atoms with Gasteiger partial charge in [0.15, 0.2) is 0 Å². The van der Waals surface area contributed by atoms with Crippen LogP contribution in [-0.4, -0.2) is 17.0 Å². The number of nitrogens with one attached hydrogen (secondary N) is 2. The summed E-state index contributed by atoms with van der Waals surface area (Å²) < 4.78 is 0. The van der Waals surface area contributed by atoms with Crippen LogP contribution in [0.3, 0.4) is 0 Å². The van der Waals surface area contributed by atoms with Crippen LogP contribution in [0.2, 0.25) is 5.02 Å². The second-order valence-corrected chi connectivity index (χ2v) is 5.07. The van der Waals surface area contributed by atoms with Crippen molar-refractivity contribution in [3.8, 4) is 0 Å². The van der Waals surface area contributed by atoms with E-state index in [4.69, 9.17) is 11.6 Å². The Labute approximate surface area is 125 Å². The number of aromatic carboxylic acids is 1. The summed E-state index contributed by atoms with van der Waals surface area (Å²) in [4.78, 5) is 23.4. The van der Waals surface area contributed by atoms with Crippen LogP contribution in [0.1, 0.15) is 32.4 Å². The summed E-state index contributed by atoms with van der Waals surface area (Å²) in [5.74, 6) is -1.33. The lowest BCUT2D eigenvalue weighted by Gasteiger charge is -2.29. The third kappa shape index (κ3) is 2.43. The summed E-state index contributed by atoms with van der Waals surface area (Å²) in [6, 6.07) is 11.5. The van der Waals surface area contributed by atoms with Gasteiger partial charge >= 0.3 is 5.97 Å². The molecule has 0 aliphatic carbocycles. The summed E-state index contributed by atoms with van der Waals surface area (Å²) in [5.41, 5.74) is 1.70. The Balaban J connectivity index is 2.02. The van der Waals surface area contributed by atoms with Gasteiger partial charge in [0.1, 0.15) is 6.17 Å². The van der Waals surface area contributed by atoms with Crippen molar-refractivity contribution in [2.75, 3.05) is 5.32 Å². The van der Waals surface area contributed by atoms with Gasteiger partial charge in [0.05, 0.1) is 11.1 Å². The topological polar surface area (TPSA) is 78.4 Å². The Bertz CT molecular complexity index is 745. The van der Waals surface area contributed by atoms with Crippen molar-refractivity contribution in [2.45, 2.75) is 6.17 Å². The highest BCUT2D eigenvalue weighted by Crippen LogP contribution is 2.29. The largest absolute Gasteiger partial charge is 0.478 e. The number of fused-ring (bicyclic) bond motifs is 1. The van der Waals surface area contributed by atoms with Crippen molar-refractivity contribution in [1.29, 1.82) is 0 Å². The molecule has 0 saturated heterocycles. The highest BCUT2D eigenvalue weighted by Gasteiger charge is 2.27. The first-order valence-electron chi connectivity index (χ1n) is 6.25. The first-order valence-corrected chi connectivity index (χ1v) is 6.63. The molecule has 1 heterocycles. The van der Waals surface area contributed by atoms with E-state index >= 15 is 0 Å². The molecule has 21 heavy (non-hydrogen) atoms. The minimum absolute atomic E-state index is 0.146. The number of carbonyl (C=O) groups is 2. The van der Waals surface area contributed by atoms with Gasteiger partial charge in [-0.3, -0.25) is 4.79 Å². The number of hydrogen-bond acceptors (Lipinski definition) is 3. The predicted octanol–water partition coefficient (Wildman–Crippen LogP) is 2.89. The van der Waals surface area contributed by atoms with Crippen molar-refractivity contribution in [3.05, 3.63) is 64.2 Å². The average molecular weight is 303 g/mol. The molecule has 2 aromatic rings. The standard InChI is InChI=1S/C15H11ClN2O3/c16-8-5-6-12-11(7-8)14(19)18-13(17-12)9-3-1-2-4-10(9)15(20)21/h1-7,13,17H,(H,18,19)(H,20,21). The molecule has 6 heteroatoms. The van der Waals surface area contributed by atoms with Crippen LogP contribution in [-0.2, 0) is 0 Å². The molecule has 3 rings (SSSR count). The Morgan fingerprint density at radius 2 is 1.90 bits per heavy atom. The Morgan fingerprint density at radius 1 is 1.14 bits per heavy atom. The fourth-order valence-electron chi connectivity index (χ4n) is 2.33. The van der Waals surface area contributed by atoms with Gasteiger partial charge in [-0.15, -0.1) is 0 Å². The molecule has 0 aromatic heterocycles. The van der Waals surface area contributed by atoms with Gasteiger partial charge in [-0.1, -0.05) is 29.8 Å². The predicted molar refractivity (Wildman–Crippen MR) is 78.7 cm³/mol. The first-order chi connectivity index (χ1) is 10.1. The van der Waals surface area contributed by atoms with Gasteiger partial charge in [0, 0.05) is 16.3 Å². The van der Waals surface area contributed by atoms with E-state index in [9.17, 15) is 14.7 Å². The van der Waals surface area contributed by atoms with Crippen LogP contribution < -0.4 is 10.6 Å². The molecule has 0 radical (unpaired) electrons. The zero-order valence-corrected chi connectivity index (χ0v) is 11.5. The Kier molecular flexibility index (Phi) is 3.27. The van der Waals surface area contributed by atoms with Gasteiger partial charge in [-0.2, -0.15) is 0 Å². The van der Waals surface area contributed by atoms with Crippen LogP contribution in [0.5, 0.6) is 0 Å². The summed E-state index contributed by atoms with van der Waals surface area (Å²) >= 11 is 5.88. The SMILES string of the molecule is O=C1NC(c2ccccc2C(=O)O)Nc2ccc(Cl)cc21. The normalized spacial score (nSPS) is 16.6. The number of carbonyl (C=O) groups excluding carboxylic acids is 1. The Morgan fingerprint density at radius 3 is 2.67 bits per heavy atom. The smallest absolute Gasteiger partial charge is 0.336 e. The highest BCUT2D eigenvalue weighted by molar-refractivity contribution is 6.31. The molecule has 1 aliphatic heterocycles. The maximum absolute atomic E-state index is 12.1. The van der Waals surface area contributed by atoms with E-state index in [1.807, 2.05) is 0 Å². The molecule has 0 saturated carbocycles. The molecule has 0 fully saturated rings. The quantitative estimate of drug-likeness (QED) is 0.797. The van der Waals surface area contributed by atoms with Crippen molar-refractivity contribution in [1.82, 2.24) is 5.32 Å². The molecule has 0 bridgehead atoms. The zero-order chi connectivity index (χ0) is 15.0. The maximum atomic E-state index is 12.1. The van der Waals surface area contributed by atoms with Gasteiger partial charge in [-0.25, -0.2) is 4.79 Å². The highest BCUT2D eigenvalue weighted by atomic mass is 35.5. The molecule has 1 atom stereocenters. The van der Waals surface area contributed by atoms with E-state index in [0.29, 0.717) is 21.8 Å². The van der Waals surface area contributed by atoms with Crippen molar-refractivity contribution in [3.63, 3.8) is 0 Å². The average Bonchev–Trinajstić information content (AvgIpc) is 2.47. The molecule has 1 amide bonds. The molecule has 1 unspecified atom stereocenters. The summed E-state index contributed by atoms with van der Waals surface area (Å²) in [5, 5.41) is 15.6. The molecule has 3 N–H and O–H groups in total. The molecule has 5 nitrogen and oxygen atoms in total. The second-order valence-electron chi connectivity index (χ2n) is 4.63. The third-order valence-electron chi connectivity index (χ3n) is 3.30. The number of anilines is 1. The number of rotatable bonds is 2. The monoisotopic (exact) mass is 302 g/mol. The number of halogens is 1. The fraction of sp³-hybridized carbons (Fsp3) is 0.0667. The minimum atomic E-state index is -1.04. The molecule has 106 valence electrons. The lowest BCUT2D eigenvalue weighted by atomic mass is 10.0. The molecule has 1 aliphatic rings. The molecular weight excluding hydrogens is 292 g/mol. The van der Waals surface area contributed by atoms with E-state index in [2.05, 4.69) is 10.6 Å². The van der Waals surface area contributed by atoms with Crippen molar-refractivity contribution < 1.29 is 14.7 Å². The maximum Gasteiger partial charge on any atom is 0.336 e. The molecule has 2 aromatic carbocycles. The van der Waals surface area contributed by atoms with Crippen LogP contribution >= 0.6 is 11.6 Å². The van der Waals surface area contributed by atoms with Gasteiger partial charge < -0.3 is 15.7 Å². The van der Waals surface area contributed by atoms with E-state index in [-0.39, 0.29) is 11.5 Å². The van der Waals surface area contributed by atoms with Crippen molar-refractivity contribution in [2.24, 2.45) is 0 Å². The number of benzene rings is 2. The molecule has 0 spiro atoms. The fourth-order valence-corrected chi connectivity index (χ4v) is 2.50. The van der Waals surface area contributed by atoms with E-state index in [0.717, 1.165) is 0 Å². The molecular formula is C15H11ClN2O3. The third-order valence-corrected chi connectivity index (χ3v) is 3.54. The lowest BCUT2D eigenvalue weighted by molar-refractivity contribution is 0.0693. The lowest BCUT2D eigenvalue weighted by Crippen LogP contribution is -2.39. The van der Waals surface area contributed by atoms with Crippen molar-refractivity contribution >= 4 is 29.2 Å².